The minimum Gasteiger partial charge on any atom is -0.392 e. The lowest BCUT2D eigenvalue weighted by atomic mass is 10.1. The van der Waals surface area contributed by atoms with Crippen LogP contribution in [0.4, 0.5) is 0 Å². The van der Waals surface area contributed by atoms with E-state index in [9.17, 15) is 14.7 Å². The van der Waals surface area contributed by atoms with E-state index in [1.807, 2.05) is 49.6 Å². The van der Waals surface area contributed by atoms with Crippen molar-refractivity contribution in [3.63, 3.8) is 0 Å². The SMILES string of the molecule is C#C.Cc1ccccc1.Cc1csc(CN(C)C(=O)c2cccc(C(=O)NCCCNCc3ccc(CO)c(C)n3)c2)n1. The first kappa shape index (κ1) is 34.8. The molecule has 0 atom stereocenters. The molecule has 0 unspecified atom stereocenters. The van der Waals surface area contributed by atoms with Gasteiger partial charge in [-0.25, -0.2) is 4.98 Å². The molecule has 0 fully saturated rings. The Bertz CT molecular complexity index is 1450. The number of aryl methyl sites for hydroxylation is 3. The number of carbonyl (C=O) groups is 2. The molecule has 0 saturated heterocycles. The number of terminal acetylenes is 1. The largest absolute Gasteiger partial charge is 0.392 e. The van der Waals surface area contributed by atoms with Gasteiger partial charge in [0.15, 0.2) is 0 Å². The van der Waals surface area contributed by atoms with Crippen LogP contribution in [-0.4, -0.2) is 51.9 Å². The molecule has 43 heavy (non-hydrogen) atoms. The third kappa shape index (κ3) is 12.2. The Balaban J connectivity index is 0.000000619. The molecule has 0 spiro atoms. The first-order valence-electron chi connectivity index (χ1n) is 13.9. The van der Waals surface area contributed by atoms with Crippen LogP contribution in [0, 0.1) is 33.6 Å². The average Bonchev–Trinajstić information content (AvgIpc) is 3.44. The predicted molar refractivity (Wildman–Crippen MR) is 174 cm³/mol. The Morgan fingerprint density at radius 3 is 2.26 bits per heavy atom. The molecule has 2 aromatic carbocycles. The summed E-state index contributed by atoms with van der Waals surface area (Å²) in [6, 6.07) is 20.8. The Hall–Kier alpha value is -4.36. The number of carbonyl (C=O) groups excluding carboxylic acids is 2. The number of aliphatic hydroxyl groups excluding tert-OH is 1. The standard InChI is InChI=1S/C25H31N5O3S.C7H8.C2H2/c1-17-16-34-23(28-17)14-30(3)25(33)20-7-4-6-19(12-20)24(32)27-11-5-10-26-13-22-9-8-21(15-31)18(2)29-22;1-7-5-3-2-4-6-7;1-2/h4,6-9,12,16,26,31H,5,10-11,13-15H2,1-3H3,(H,27,32);2-6H,1H3;1-2H. The summed E-state index contributed by atoms with van der Waals surface area (Å²) in [5.41, 5.74) is 5.77. The molecule has 2 amide bonds. The number of thiazole rings is 1. The van der Waals surface area contributed by atoms with Crippen LogP contribution in [0.25, 0.3) is 0 Å². The first-order chi connectivity index (χ1) is 20.8. The van der Waals surface area contributed by atoms with Crippen LogP contribution in [0.15, 0.2) is 72.1 Å². The Kier molecular flexibility index (Phi) is 15.4. The van der Waals surface area contributed by atoms with Crippen LogP contribution in [0.1, 0.15) is 60.4 Å². The molecular weight excluding hydrogens is 558 g/mol. The van der Waals surface area contributed by atoms with Gasteiger partial charge in [-0.15, -0.1) is 24.2 Å². The Morgan fingerprint density at radius 2 is 1.65 bits per heavy atom. The molecule has 0 aliphatic carbocycles. The van der Waals surface area contributed by atoms with E-state index in [0.717, 1.165) is 40.6 Å². The summed E-state index contributed by atoms with van der Waals surface area (Å²) in [7, 11) is 1.73. The van der Waals surface area contributed by atoms with Crippen molar-refractivity contribution in [3.05, 3.63) is 116 Å². The number of aliphatic hydroxyl groups is 1. The van der Waals surface area contributed by atoms with Crippen molar-refractivity contribution in [1.82, 2.24) is 25.5 Å². The summed E-state index contributed by atoms with van der Waals surface area (Å²) in [6.45, 7) is 8.18. The van der Waals surface area contributed by atoms with Gasteiger partial charge in [-0.1, -0.05) is 48.0 Å². The molecule has 9 heteroatoms. The average molecular weight is 600 g/mol. The molecule has 4 aromatic rings. The topological polar surface area (TPSA) is 107 Å². The van der Waals surface area contributed by atoms with Crippen molar-refractivity contribution in [2.75, 3.05) is 20.1 Å². The van der Waals surface area contributed by atoms with Crippen molar-refractivity contribution in [2.24, 2.45) is 0 Å². The van der Waals surface area contributed by atoms with Crippen molar-refractivity contribution in [2.45, 2.75) is 46.9 Å². The van der Waals surface area contributed by atoms with Crippen LogP contribution >= 0.6 is 11.3 Å². The highest BCUT2D eigenvalue weighted by Gasteiger charge is 2.15. The molecule has 8 nitrogen and oxygen atoms in total. The van der Waals surface area contributed by atoms with Gasteiger partial charge in [-0.2, -0.15) is 0 Å². The fourth-order valence-corrected chi connectivity index (χ4v) is 4.76. The smallest absolute Gasteiger partial charge is 0.253 e. The number of nitrogens with zero attached hydrogens (tertiary/aromatic N) is 3. The van der Waals surface area contributed by atoms with Crippen molar-refractivity contribution >= 4 is 23.2 Å². The zero-order valence-electron chi connectivity index (χ0n) is 25.3. The maximum atomic E-state index is 12.8. The molecule has 3 N–H and O–H groups in total. The number of amides is 2. The van der Waals surface area contributed by atoms with Gasteiger partial charge in [-0.05, 0) is 63.6 Å². The van der Waals surface area contributed by atoms with E-state index in [0.29, 0.717) is 30.8 Å². The number of pyridine rings is 1. The number of hydrogen-bond donors (Lipinski definition) is 3. The van der Waals surface area contributed by atoms with Crippen LogP contribution in [0.2, 0.25) is 0 Å². The normalized spacial score (nSPS) is 10.0. The molecule has 0 bridgehead atoms. The highest BCUT2D eigenvalue weighted by Crippen LogP contribution is 2.14. The molecule has 0 radical (unpaired) electrons. The molecule has 226 valence electrons. The number of rotatable bonds is 11. The Labute approximate surface area is 259 Å². The van der Waals surface area contributed by atoms with E-state index in [1.165, 1.54) is 16.9 Å². The van der Waals surface area contributed by atoms with Gasteiger partial charge in [0.1, 0.15) is 5.01 Å². The van der Waals surface area contributed by atoms with E-state index in [1.54, 1.807) is 36.2 Å². The minimum atomic E-state index is -0.204. The molecule has 0 aliphatic heterocycles. The van der Waals surface area contributed by atoms with Gasteiger partial charge in [0.05, 0.1) is 18.8 Å². The van der Waals surface area contributed by atoms with Crippen LogP contribution < -0.4 is 10.6 Å². The lowest BCUT2D eigenvalue weighted by Crippen LogP contribution is -2.28. The van der Waals surface area contributed by atoms with Crippen molar-refractivity contribution in [1.29, 1.82) is 0 Å². The summed E-state index contributed by atoms with van der Waals surface area (Å²) in [6.07, 6.45) is 8.76. The van der Waals surface area contributed by atoms with Gasteiger partial charge in [0.25, 0.3) is 11.8 Å². The molecule has 0 saturated carbocycles. The zero-order valence-corrected chi connectivity index (χ0v) is 26.2. The predicted octanol–water partition coefficient (Wildman–Crippen LogP) is 5.07. The van der Waals surface area contributed by atoms with Crippen LogP contribution in [0.5, 0.6) is 0 Å². The van der Waals surface area contributed by atoms with Crippen molar-refractivity contribution in [3.8, 4) is 12.8 Å². The Morgan fingerprint density at radius 1 is 0.930 bits per heavy atom. The molecule has 4 rings (SSSR count). The maximum Gasteiger partial charge on any atom is 0.253 e. The summed E-state index contributed by atoms with van der Waals surface area (Å²) in [5.74, 6) is -0.354. The second-order valence-electron chi connectivity index (χ2n) is 9.77. The van der Waals surface area contributed by atoms with Gasteiger partial charge in [0.2, 0.25) is 0 Å². The van der Waals surface area contributed by atoms with E-state index in [-0.39, 0.29) is 18.4 Å². The van der Waals surface area contributed by atoms with E-state index in [4.69, 9.17) is 0 Å². The number of nitrogens with one attached hydrogen (secondary N) is 2. The van der Waals surface area contributed by atoms with Gasteiger partial charge in [0, 0.05) is 48.0 Å². The lowest BCUT2D eigenvalue weighted by molar-refractivity contribution is 0.0785. The molecular formula is C34H41N5O3S. The highest BCUT2D eigenvalue weighted by molar-refractivity contribution is 7.09. The second-order valence-corrected chi connectivity index (χ2v) is 10.7. The maximum absolute atomic E-state index is 12.8. The first-order valence-corrected chi connectivity index (χ1v) is 14.8. The monoisotopic (exact) mass is 599 g/mol. The van der Waals surface area contributed by atoms with Gasteiger partial charge < -0.3 is 20.6 Å². The second kappa shape index (κ2) is 18.9. The quantitative estimate of drug-likeness (QED) is 0.164. The third-order valence-corrected chi connectivity index (χ3v) is 7.19. The van der Waals surface area contributed by atoms with E-state index >= 15 is 0 Å². The molecule has 2 heterocycles. The molecule has 2 aromatic heterocycles. The van der Waals surface area contributed by atoms with Gasteiger partial charge >= 0.3 is 0 Å². The minimum absolute atomic E-state index is 0.00758. The van der Waals surface area contributed by atoms with Crippen LogP contribution in [0.3, 0.4) is 0 Å². The fourth-order valence-electron chi connectivity index (χ4n) is 3.94. The highest BCUT2D eigenvalue weighted by atomic mass is 32.1. The summed E-state index contributed by atoms with van der Waals surface area (Å²) in [5, 5.41) is 18.3. The number of aromatic nitrogens is 2. The van der Waals surface area contributed by atoms with Gasteiger partial charge in [-0.3, -0.25) is 14.6 Å². The van der Waals surface area contributed by atoms with Crippen LogP contribution in [-0.2, 0) is 19.7 Å². The summed E-state index contributed by atoms with van der Waals surface area (Å²) < 4.78 is 0. The summed E-state index contributed by atoms with van der Waals surface area (Å²) >= 11 is 1.53. The summed E-state index contributed by atoms with van der Waals surface area (Å²) in [4.78, 5) is 35.8. The lowest BCUT2D eigenvalue weighted by Gasteiger charge is -2.16. The van der Waals surface area contributed by atoms with E-state index in [2.05, 4.69) is 52.5 Å². The van der Waals surface area contributed by atoms with E-state index < -0.39 is 0 Å². The third-order valence-electron chi connectivity index (χ3n) is 6.24. The number of benzene rings is 2. The number of hydrogen-bond acceptors (Lipinski definition) is 7. The fraction of sp³-hybridized carbons (Fsp3) is 0.294. The molecule has 0 aliphatic rings. The van der Waals surface area contributed by atoms with Crippen molar-refractivity contribution < 1.29 is 14.7 Å². The zero-order chi connectivity index (χ0) is 31.6.